The van der Waals surface area contributed by atoms with Gasteiger partial charge in [-0.25, -0.2) is 0 Å². The van der Waals surface area contributed by atoms with E-state index in [1.807, 2.05) is 36.4 Å². The highest BCUT2D eigenvalue weighted by molar-refractivity contribution is 14.1. The van der Waals surface area contributed by atoms with E-state index in [4.69, 9.17) is 18.9 Å². The van der Waals surface area contributed by atoms with E-state index in [0.29, 0.717) is 25.5 Å². The molecule has 0 aromatic heterocycles. The smallest absolute Gasteiger partial charge is 0.257 e. The van der Waals surface area contributed by atoms with Gasteiger partial charge in [-0.3, -0.25) is 4.79 Å². The number of benzene rings is 2. The summed E-state index contributed by atoms with van der Waals surface area (Å²) in [7, 11) is 0. The monoisotopic (exact) mass is 495 g/mol. The van der Waals surface area contributed by atoms with Crippen LogP contribution >= 0.6 is 22.6 Å². The topological polar surface area (TPSA) is 66.0 Å². The van der Waals surface area contributed by atoms with Crippen molar-refractivity contribution in [2.24, 2.45) is 0 Å². The Kier molecular flexibility index (Phi) is 5.91. The molecule has 0 spiro atoms. The number of hydrogen-bond donors (Lipinski definition) is 1. The highest BCUT2D eigenvalue weighted by Crippen LogP contribution is 2.40. The molecule has 0 saturated carbocycles. The van der Waals surface area contributed by atoms with E-state index in [9.17, 15) is 4.79 Å². The Balaban J connectivity index is 1.40. The molecule has 7 heteroatoms. The lowest BCUT2D eigenvalue weighted by molar-refractivity contribution is -0.123. The van der Waals surface area contributed by atoms with Crippen molar-refractivity contribution in [1.82, 2.24) is 5.32 Å². The van der Waals surface area contributed by atoms with Crippen molar-refractivity contribution in [2.45, 2.75) is 18.3 Å². The van der Waals surface area contributed by atoms with Gasteiger partial charge in [0.05, 0.1) is 0 Å². The van der Waals surface area contributed by atoms with E-state index in [0.717, 1.165) is 33.5 Å². The summed E-state index contributed by atoms with van der Waals surface area (Å²) >= 11 is 2.23. The fourth-order valence-electron chi connectivity index (χ4n) is 3.55. The fourth-order valence-corrected chi connectivity index (χ4v) is 3.91. The fraction of sp³-hybridized carbons (Fsp3) is 0.381. The van der Waals surface area contributed by atoms with E-state index in [1.165, 1.54) is 0 Å². The van der Waals surface area contributed by atoms with Gasteiger partial charge in [0.2, 0.25) is 6.79 Å². The van der Waals surface area contributed by atoms with Crippen LogP contribution in [-0.4, -0.2) is 39.1 Å². The van der Waals surface area contributed by atoms with Crippen molar-refractivity contribution in [3.8, 4) is 17.2 Å². The molecule has 1 saturated heterocycles. The van der Waals surface area contributed by atoms with Crippen molar-refractivity contribution in [1.29, 1.82) is 0 Å². The molecule has 2 aromatic rings. The molecule has 2 aliphatic rings. The summed E-state index contributed by atoms with van der Waals surface area (Å²) in [5.74, 6) is 2.08. The van der Waals surface area contributed by atoms with Crippen LogP contribution in [0.4, 0.5) is 0 Å². The lowest BCUT2D eigenvalue weighted by Gasteiger charge is -2.38. The van der Waals surface area contributed by atoms with E-state index >= 15 is 0 Å². The molecular weight excluding hydrogens is 473 g/mol. The number of halogens is 1. The zero-order valence-electron chi connectivity index (χ0n) is 15.4. The predicted molar refractivity (Wildman–Crippen MR) is 112 cm³/mol. The average Bonchev–Trinajstić information content (AvgIpc) is 3.20. The number of rotatable bonds is 6. The molecule has 0 bridgehead atoms. The first-order valence-corrected chi connectivity index (χ1v) is 10.4. The maximum Gasteiger partial charge on any atom is 0.257 e. The second kappa shape index (κ2) is 8.57. The van der Waals surface area contributed by atoms with Gasteiger partial charge >= 0.3 is 0 Å². The molecule has 0 unspecified atom stereocenters. The van der Waals surface area contributed by atoms with Crippen LogP contribution in [0, 0.1) is 3.57 Å². The summed E-state index contributed by atoms with van der Waals surface area (Å²) in [6.07, 6.45) is 1.68. The lowest BCUT2D eigenvalue weighted by Crippen LogP contribution is -2.45. The molecule has 6 nitrogen and oxygen atoms in total. The third kappa shape index (κ3) is 4.35. The molecule has 0 atom stereocenters. The molecule has 2 aliphatic heterocycles. The summed E-state index contributed by atoms with van der Waals surface area (Å²) in [5, 5.41) is 3.05. The summed E-state index contributed by atoms with van der Waals surface area (Å²) in [5.41, 5.74) is 0.955. The first kappa shape index (κ1) is 19.3. The van der Waals surface area contributed by atoms with Crippen molar-refractivity contribution in [3.63, 3.8) is 0 Å². The number of hydrogen-bond acceptors (Lipinski definition) is 5. The van der Waals surface area contributed by atoms with Crippen molar-refractivity contribution in [3.05, 3.63) is 51.6 Å². The maximum absolute atomic E-state index is 12.4. The molecule has 0 aliphatic carbocycles. The van der Waals surface area contributed by atoms with Gasteiger partial charge in [0.25, 0.3) is 5.91 Å². The molecule has 1 amide bonds. The molecule has 148 valence electrons. The third-order valence-electron chi connectivity index (χ3n) is 5.24. The Labute approximate surface area is 177 Å². The Bertz CT molecular complexity index is 833. The number of fused-ring (bicyclic) bond motifs is 1. The molecule has 0 radical (unpaired) electrons. The Hall–Kier alpha value is -2.00. The van der Waals surface area contributed by atoms with Crippen LogP contribution in [0.2, 0.25) is 0 Å². The number of nitrogens with one attached hydrogen (secondary N) is 1. The van der Waals surface area contributed by atoms with Crippen LogP contribution in [-0.2, 0) is 14.9 Å². The molecule has 28 heavy (non-hydrogen) atoms. The first-order valence-electron chi connectivity index (χ1n) is 9.28. The average molecular weight is 495 g/mol. The van der Waals surface area contributed by atoms with E-state index in [1.54, 1.807) is 0 Å². The van der Waals surface area contributed by atoms with Crippen molar-refractivity contribution < 1.29 is 23.7 Å². The lowest BCUT2D eigenvalue weighted by atomic mass is 9.74. The molecular formula is C21H22INO5. The minimum Gasteiger partial charge on any atom is -0.484 e. The Morgan fingerprint density at radius 1 is 1.07 bits per heavy atom. The summed E-state index contributed by atoms with van der Waals surface area (Å²) in [6, 6.07) is 13.7. The van der Waals surface area contributed by atoms with Gasteiger partial charge in [0.1, 0.15) is 5.75 Å². The van der Waals surface area contributed by atoms with Crippen LogP contribution in [0.5, 0.6) is 17.2 Å². The third-order valence-corrected chi connectivity index (χ3v) is 5.96. The van der Waals surface area contributed by atoms with E-state index < -0.39 is 0 Å². The highest BCUT2D eigenvalue weighted by Gasteiger charge is 2.36. The molecule has 2 aromatic carbocycles. The van der Waals surface area contributed by atoms with Crippen LogP contribution in [0.15, 0.2) is 42.5 Å². The van der Waals surface area contributed by atoms with Gasteiger partial charge in [-0.15, -0.1) is 0 Å². The summed E-state index contributed by atoms with van der Waals surface area (Å²) in [6.45, 7) is 2.12. The molecule has 1 N–H and O–H groups in total. The summed E-state index contributed by atoms with van der Waals surface area (Å²) in [4.78, 5) is 12.4. The quantitative estimate of drug-likeness (QED) is 0.624. The molecule has 2 heterocycles. The van der Waals surface area contributed by atoms with Gasteiger partial charge in [-0.1, -0.05) is 6.07 Å². The number of amides is 1. The number of carbonyl (C=O) groups is 1. The van der Waals surface area contributed by atoms with Gasteiger partial charge in [0.15, 0.2) is 18.1 Å². The van der Waals surface area contributed by atoms with Gasteiger partial charge < -0.3 is 24.3 Å². The van der Waals surface area contributed by atoms with Crippen LogP contribution in [0.1, 0.15) is 18.4 Å². The van der Waals surface area contributed by atoms with Gasteiger partial charge in [0, 0.05) is 28.7 Å². The second-order valence-electron chi connectivity index (χ2n) is 6.98. The van der Waals surface area contributed by atoms with Gasteiger partial charge in [-0.05, 0) is 77.4 Å². The predicted octanol–water partition coefficient (Wildman–Crippen LogP) is 3.26. The molecule has 1 fully saturated rings. The number of carbonyl (C=O) groups excluding carboxylic acids is 1. The van der Waals surface area contributed by atoms with Gasteiger partial charge in [-0.2, -0.15) is 0 Å². The Morgan fingerprint density at radius 2 is 1.82 bits per heavy atom. The van der Waals surface area contributed by atoms with Crippen molar-refractivity contribution in [2.75, 3.05) is 33.2 Å². The maximum atomic E-state index is 12.4. The second-order valence-corrected chi connectivity index (χ2v) is 8.23. The Morgan fingerprint density at radius 3 is 2.61 bits per heavy atom. The van der Waals surface area contributed by atoms with Crippen LogP contribution in [0.25, 0.3) is 0 Å². The zero-order chi connectivity index (χ0) is 19.4. The first-order chi connectivity index (χ1) is 13.6. The summed E-state index contributed by atoms with van der Waals surface area (Å²) < 4.78 is 23.2. The number of ether oxygens (including phenoxy) is 4. The largest absolute Gasteiger partial charge is 0.484 e. The standard InChI is InChI=1S/C21H22INO5/c22-16-2-4-17(5-3-16)26-12-20(24)23-13-21(7-9-25-10-8-21)15-1-6-18-19(11-15)28-14-27-18/h1-6,11H,7-10,12-14H2,(H,23,24). The highest BCUT2D eigenvalue weighted by atomic mass is 127. The van der Waals surface area contributed by atoms with Crippen molar-refractivity contribution >= 4 is 28.5 Å². The zero-order valence-corrected chi connectivity index (χ0v) is 17.6. The molecule has 4 rings (SSSR count). The van der Waals surface area contributed by atoms with E-state index in [-0.39, 0.29) is 24.7 Å². The van der Waals surface area contributed by atoms with E-state index in [2.05, 4.69) is 34.0 Å². The minimum atomic E-state index is -0.183. The normalized spacial score (nSPS) is 17.2. The SMILES string of the molecule is O=C(COc1ccc(I)cc1)NCC1(c2ccc3c(c2)OCO3)CCOCC1. The van der Waals surface area contributed by atoms with Crippen LogP contribution < -0.4 is 19.5 Å². The van der Waals surface area contributed by atoms with Crippen LogP contribution in [0.3, 0.4) is 0 Å². The minimum absolute atomic E-state index is 0.00564.